The Kier molecular flexibility index (Phi) is 4.14. The van der Waals surface area contributed by atoms with Crippen molar-refractivity contribution in [2.24, 2.45) is 17.8 Å². The van der Waals surface area contributed by atoms with Gasteiger partial charge in [0, 0.05) is 20.1 Å². The van der Waals surface area contributed by atoms with Crippen LogP contribution >= 0.6 is 27.3 Å². The first-order valence-electron chi connectivity index (χ1n) is 6.06. The molecule has 0 aliphatic heterocycles. The third-order valence-corrected chi connectivity index (χ3v) is 5.72. The summed E-state index contributed by atoms with van der Waals surface area (Å²) < 4.78 is 0.890. The zero-order valence-corrected chi connectivity index (χ0v) is 12.8. The highest BCUT2D eigenvalue weighted by Crippen LogP contribution is 2.46. The van der Waals surface area contributed by atoms with E-state index < -0.39 is 18.0 Å². The summed E-state index contributed by atoms with van der Waals surface area (Å²) in [5, 5.41) is 19.7. The number of carbonyl (C=O) groups is 1. The van der Waals surface area contributed by atoms with E-state index in [-0.39, 0.29) is 5.92 Å². The summed E-state index contributed by atoms with van der Waals surface area (Å²) in [5.74, 6) is -1.02. The Bertz CT molecular complexity index is 457. The van der Waals surface area contributed by atoms with E-state index in [0.29, 0.717) is 12.3 Å². The fraction of sp³-hybridized carbons (Fsp3) is 0.615. The van der Waals surface area contributed by atoms with Crippen LogP contribution in [0.4, 0.5) is 0 Å². The van der Waals surface area contributed by atoms with E-state index in [1.54, 1.807) is 0 Å². The molecule has 100 valence electrons. The van der Waals surface area contributed by atoms with Crippen molar-refractivity contribution in [3.8, 4) is 0 Å². The molecule has 4 atom stereocenters. The Morgan fingerprint density at radius 1 is 1.56 bits per heavy atom. The van der Waals surface area contributed by atoms with Crippen molar-refractivity contribution in [3.05, 3.63) is 20.3 Å². The van der Waals surface area contributed by atoms with E-state index in [9.17, 15) is 15.0 Å². The SMILES string of the molecule is Cc1cc(Br)c(C(O)C2CC(C)CC2C(=O)O)s1. The van der Waals surface area contributed by atoms with E-state index in [2.05, 4.69) is 22.9 Å². The average Bonchev–Trinajstić information content (AvgIpc) is 2.81. The standard InChI is InChI=1S/C13H17BrO3S/c1-6-3-8(9(4-6)13(16)17)11(15)12-10(14)5-7(2)18-12/h5-6,8-9,11,15H,3-4H2,1-2H3,(H,16,17). The minimum atomic E-state index is -0.784. The first-order chi connectivity index (χ1) is 8.40. The Morgan fingerprint density at radius 3 is 2.72 bits per heavy atom. The first kappa shape index (κ1) is 14.0. The van der Waals surface area contributed by atoms with E-state index in [1.165, 1.54) is 11.3 Å². The molecular weight excluding hydrogens is 316 g/mol. The van der Waals surface area contributed by atoms with Gasteiger partial charge in [-0.3, -0.25) is 4.79 Å². The number of carboxylic acids is 1. The minimum Gasteiger partial charge on any atom is -0.481 e. The Hall–Kier alpha value is -0.390. The first-order valence-corrected chi connectivity index (χ1v) is 7.67. The van der Waals surface area contributed by atoms with Crippen LogP contribution in [-0.4, -0.2) is 16.2 Å². The molecule has 0 saturated heterocycles. The van der Waals surface area contributed by atoms with Gasteiger partial charge in [0.25, 0.3) is 0 Å². The van der Waals surface area contributed by atoms with Crippen LogP contribution in [0.2, 0.25) is 0 Å². The molecule has 5 heteroatoms. The van der Waals surface area contributed by atoms with E-state index in [0.717, 1.165) is 20.6 Å². The van der Waals surface area contributed by atoms with Crippen LogP contribution in [0.15, 0.2) is 10.5 Å². The molecule has 4 unspecified atom stereocenters. The average molecular weight is 333 g/mol. The van der Waals surface area contributed by atoms with E-state index in [1.807, 2.05) is 13.0 Å². The topological polar surface area (TPSA) is 57.5 Å². The summed E-state index contributed by atoms with van der Waals surface area (Å²) in [6.07, 6.45) is 0.768. The molecule has 0 spiro atoms. The summed E-state index contributed by atoms with van der Waals surface area (Å²) in [6, 6.07) is 1.97. The quantitative estimate of drug-likeness (QED) is 0.889. The van der Waals surface area contributed by atoms with Gasteiger partial charge in [-0.25, -0.2) is 0 Å². The monoisotopic (exact) mass is 332 g/mol. The molecule has 2 N–H and O–H groups in total. The number of aliphatic hydroxyl groups is 1. The zero-order valence-electron chi connectivity index (χ0n) is 10.4. The second-order valence-electron chi connectivity index (χ2n) is 5.20. The number of aliphatic carboxylic acids is 1. The molecule has 0 radical (unpaired) electrons. The summed E-state index contributed by atoms with van der Waals surface area (Å²) in [5.41, 5.74) is 0. The molecule has 1 aromatic heterocycles. The maximum absolute atomic E-state index is 11.3. The van der Waals surface area contributed by atoms with Gasteiger partial charge in [-0.1, -0.05) is 6.92 Å². The van der Waals surface area contributed by atoms with Gasteiger partial charge in [0.15, 0.2) is 0 Å². The molecular formula is C13H17BrO3S. The normalized spacial score (nSPS) is 29.4. The number of thiophene rings is 1. The van der Waals surface area contributed by atoms with Crippen LogP contribution in [0.1, 0.15) is 35.6 Å². The van der Waals surface area contributed by atoms with Gasteiger partial charge in [-0.15, -0.1) is 11.3 Å². The summed E-state index contributed by atoms with van der Waals surface area (Å²) >= 11 is 4.97. The maximum Gasteiger partial charge on any atom is 0.306 e. The van der Waals surface area contributed by atoms with Gasteiger partial charge in [-0.05, 0) is 47.7 Å². The highest BCUT2D eigenvalue weighted by Gasteiger charge is 2.42. The molecule has 0 bridgehead atoms. The third kappa shape index (κ3) is 2.63. The zero-order chi connectivity index (χ0) is 13.4. The van der Waals surface area contributed by atoms with Gasteiger partial charge in [-0.2, -0.15) is 0 Å². The van der Waals surface area contributed by atoms with Gasteiger partial charge in [0.2, 0.25) is 0 Å². The van der Waals surface area contributed by atoms with E-state index >= 15 is 0 Å². The van der Waals surface area contributed by atoms with Crippen LogP contribution in [0, 0.1) is 24.7 Å². The maximum atomic E-state index is 11.3. The van der Waals surface area contributed by atoms with Crippen molar-refractivity contribution >= 4 is 33.2 Å². The van der Waals surface area contributed by atoms with Crippen LogP contribution in [0.5, 0.6) is 0 Å². The lowest BCUT2D eigenvalue weighted by atomic mass is 9.90. The van der Waals surface area contributed by atoms with Crippen molar-refractivity contribution < 1.29 is 15.0 Å². The second kappa shape index (κ2) is 5.31. The van der Waals surface area contributed by atoms with Crippen molar-refractivity contribution in [1.82, 2.24) is 0 Å². The Labute approximate surface area is 119 Å². The lowest BCUT2D eigenvalue weighted by molar-refractivity contribution is -0.144. The number of aliphatic hydroxyl groups excluding tert-OH is 1. The van der Waals surface area contributed by atoms with Gasteiger partial charge in [0.05, 0.1) is 12.0 Å². The molecule has 3 nitrogen and oxygen atoms in total. The minimum absolute atomic E-state index is 0.174. The molecule has 1 saturated carbocycles. The summed E-state index contributed by atoms with van der Waals surface area (Å²) in [6.45, 7) is 4.04. The summed E-state index contributed by atoms with van der Waals surface area (Å²) in [7, 11) is 0. The van der Waals surface area contributed by atoms with Crippen LogP contribution in [-0.2, 0) is 4.79 Å². The lowest BCUT2D eigenvalue weighted by Crippen LogP contribution is -2.23. The van der Waals surface area contributed by atoms with Gasteiger partial charge in [0.1, 0.15) is 0 Å². The number of hydrogen-bond acceptors (Lipinski definition) is 3. The highest BCUT2D eigenvalue weighted by molar-refractivity contribution is 9.10. The largest absolute Gasteiger partial charge is 0.481 e. The highest BCUT2D eigenvalue weighted by atomic mass is 79.9. The molecule has 1 heterocycles. The lowest BCUT2D eigenvalue weighted by Gasteiger charge is -2.21. The summed E-state index contributed by atoms with van der Waals surface area (Å²) in [4.78, 5) is 13.2. The van der Waals surface area contributed by atoms with Crippen molar-refractivity contribution in [1.29, 1.82) is 0 Å². The molecule has 2 rings (SSSR count). The third-order valence-electron chi connectivity index (χ3n) is 3.68. The predicted molar refractivity (Wildman–Crippen MR) is 74.7 cm³/mol. The molecule has 1 aromatic rings. The molecule has 1 aliphatic carbocycles. The van der Waals surface area contributed by atoms with Crippen molar-refractivity contribution in [2.75, 3.05) is 0 Å². The van der Waals surface area contributed by atoms with Gasteiger partial charge >= 0.3 is 5.97 Å². The number of rotatable bonds is 3. The van der Waals surface area contributed by atoms with Crippen molar-refractivity contribution in [2.45, 2.75) is 32.8 Å². The number of carboxylic acid groups (broad SMARTS) is 1. The van der Waals surface area contributed by atoms with Crippen molar-refractivity contribution in [3.63, 3.8) is 0 Å². The molecule has 1 fully saturated rings. The Morgan fingerprint density at radius 2 is 2.22 bits per heavy atom. The predicted octanol–water partition coefficient (Wildman–Crippen LogP) is 3.60. The number of hydrogen-bond donors (Lipinski definition) is 2. The van der Waals surface area contributed by atoms with Crippen LogP contribution in [0.25, 0.3) is 0 Å². The van der Waals surface area contributed by atoms with Crippen LogP contribution in [0.3, 0.4) is 0 Å². The molecule has 1 aliphatic rings. The van der Waals surface area contributed by atoms with E-state index in [4.69, 9.17) is 0 Å². The smallest absolute Gasteiger partial charge is 0.306 e. The second-order valence-corrected chi connectivity index (χ2v) is 7.34. The van der Waals surface area contributed by atoms with Gasteiger partial charge < -0.3 is 10.2 Å². The number of aryl methyl sites for hydroxylation is 1. The molecule has 18 heavy (non-hydrogen) atoms. The molecule has 0 aromatic carbocycles. The Balaban J connectivity index is 2.24. The fourth-order valence-electron chi connectivity index (χ4n) is 2.86. The number of halogens is 1. The molecule has 0 amide bonds. The fourth-order valence-corrected chi connectivity index (χ4v) is 4.81. The van der Waals surface area contributed by atoms with Crippen LogP contribution < -0.4 is 0 Å².